The second-order valence-electron chi connectivity index (χ2n) is 5.11. The zero-order valence-electron chi connectivity index (χ0n) is 12.7. The van der Waals surface area contributed by atoms with Crippen LogP contribution in [0.5, 0.6) is 0 Å². The molecule has 0 aliphatic carbocycles. The standard InChI is InChI=1S/C14H19N3O6/c1-22-10-5-11(13(19)20)17(8-10)12(18)7-16-14(21)15-6-9-3-2-4-23-9/h2-4,10-11H,5-8H2,1H3,(H,19,20)(H2,15,16,21). The molecule has 2 rings (SSSR count). The van der Waals surface area contributed by atoms with Gasteiger partial charge in [0.05, 0.1) is 25.5 Å². The second kappa shape index (κ2) is 7.63. The quantitative estimate of drug-likeness (QED) is 0.665. The van der Waals surface area contributed by atoms with Crippen LogP contribution < -0.4 is 10.6 Å². The molecule has 9 nitrogen and oxygen atoms in total. The van der Waals surface area contributed by atoms with E-state index in [-0.39, 0.29) is 32.2 Å². The van der Waals surface area contributed by atoms with E-state index < -0.39 is 23.9 Å². The molecule has 2 unspecified atom stereocenters. The second-order valence-corrected chi connectivity index (χ2v) is 5.11. The lowest BCUT2D eigenvalue weighted by molar-refractivity contribution is -0.147. The highest BCUT2D eigenvalue weighted by atomic mass is 16.5. The van der Waals surface area contributed by atoms with Crippen LogP contribution in [0.3, 0.4) is 0 Å². The molecule has 23 heavy (non-hydrogen) atoms. The van der Waals surface area contributed by atoms with E-state index in [2.05, 4.69) is 10.6 Å². The predicted octanol–water partition coefficient (Wildman–Crippen LogP) is -0.221. The fraction of sp³-hybridized carbons (Fsp3) is 0.500. The predicted molar refractivity (Wildman–Crippen MR) is 77.5 cm³/mol. The van der Waals surface area contributed by atoms with Crippen molar-refractivity contribution in [1.29, 1.82) is 0 Å². The molecule has 1 saturated heterocycles. The van der Waals surface area contributed by atoms with Gasteiger partial charge in [-0.15, -0.1) is 0 Å². The van der Waals surface area contributed by atoms with Gasteiger partial charge < -0.3 is 29.8 Å². The number of methoxy groups -OCH3 is 1. The van der Waals surface area contributed by atoms with Crippen LogP contribution in [0, 0.1) is 0 Å². The van der Waals surface area contributed by atoms with Gasteiger partial charge in [-0.2, -0.15) is 0 Å². The Morgan fingerprint density at radius 2 is 2.22 bits per heavy atom. The van der Waals surface area contributed by atoms with Crippen LogP contribution in [-0.4, -0.2) is 60.3 Å². The van der Waals surface area contributed by atoms with Crippen molar-refractivity contribution < 1.29 is 28.6 Å². The lowest BCUT2D eigenvalue weighted by Crippen LogP contribution is -2.47. The van der Waals surface area contributed by atoms with E-state index in [1.807, 2.05) is 0 Å². The molecule has 3 N–H and O–H groups in total. The zero-order chi connectivity index (χ0) is 16.8. The average Bonchev–Trinajstić information content (AvgIpc) is 3.19. The largest absolute Gasteiger partial charge is 0.480 e. The summed E-state index contributed by atoms with van der Waals surface area (Å²) in [5.41, 5.74) is 0. The van der Waals surface area contributed by atoms with Crippen LogP contribution in [0.2, 0.25) is 0 Å². The Morgan fingerprint density at radius 1 is 1.43 bits per heavy atom. The number of urea groups is 1. The first-order chi connectivity index (χ1) is 11.0. The number of likely N-dealkylation sites (tertiary alicyclic amines) is 1. The van der Waals surface area contributed by atoms with Gasteiger partial charge in [0.1, 0.15) is 11.8 Å². The van der Waals surface area contributed by atoms with Gasteiger partial charge in [0, 0.05) is 20.1 Å². The molecule has 9 heteroatoms. The number of ether oxygens (including phenoxy) is 1. The van der Waals surface area contributed by atoms with Crippen molar-refractivity contribution in [2.24, 2.45) is 0 Å². The minimum atomic E-state index is -1.08. The summed E-state index contributed by atoms with van der Waals surface area (Å²) in [7, 11) is 1.47. The molecular formula is C14H19N3O6. The van der Waals surface area contributed by atoms with Crippen molar-refractivity contribution >= 4 is 17.9 Å². The normalized spacial score (nSPS) is 20.3. The molecule has 0 aromatic carbocycles. The van der Waals surface area contributed by atoms with E-state index in [0.717, 1.165) is 0 Å². The molecule has 2 atom stereocenters. The maximum atomic E-state index is 12.1. The summed E-state index contributed by atoms with van der Waals surface area (Å²) in [4.78, 5) is 36.1. The fourth-order valence-electron chi connectivity index (χ4n) is 2.38. The van der Waals surface area contributed by atoms with Gasteiger partial charge >= 0.3 is 12.0 Å². The molecule has 0 radical (unpaired) electrons. The van der Waals surface area contributed by atoms with E-state index in [1.165, 1.54) is 18.3 Å². The third-order valence-electron chi connectivity index (χ3n) is 3.60. The lowest BCUT2D eigenvalue weighted by Gasteiger charge is -2.21. The highest BCUT2D eigenvalue weighted by Gasteiger charge is 2.39. The summed E-state index contributed by atoms with van der Waals surface area (Å²) in [6, 6.07) is 1.94. The Labute approximate surface area is 132 Å². The SMILES string of the molecule is COC1CC(C(=O)O)N(C(=O)CNC(=O)NCc2ccco2)C1. The molecule has 0 saturated carbocycles. The number of hydrogen-bond donors (Lipinski definition) is 3. The number of nitrogens with zero attached hydrogens (tertiary/aromatic N) is 1. The first-order valence-electron chi connectivity index (χ1n) is 7.10. The molecule has 126 valence electrons. The number of nitrogens with one attached hydrogen (secondary N) is 2. The van der Waals surface area contributed by atoms with Crippen LogP contribution in [0.4, 0.5) is 4.79 Å². The summed E-state index contributed by atoms with van der Waals surface area (Å²) in [6.07, 6.45) is 1.42. The molecule has 1 aromatic heterocycles. The van der Waals surface area contributed by atoms with E-state index in [1.54, 1.807) is 12.1 Å². The number of aliphatic carboxylic acids is 1. The van der Waals surface area contributed by atoms with Crippen LogP contribution in [0.1, 0.15) is 12.2 Å². The molecule has 2 heterocycles. The third-order valence-corrected chi connectivity index (χ3v) is 3.60. The summed E-state index contributed by atoms with van der Waals surface area (Å²) < 4.78 is 10.2. The van der Waals surface area contributed by atoms with Crippen LogP contribution in [-0.2, 0) is 20.9 Å². The summed E-state index contributed by atoms with van der Waals surface area (Å²) in [6.45, 7) is 0.104. The number of carboxylic acid groups (broad SMARTS) is 1. The Balaban J connectivity index is 1.79. The first-order valence-corrected chi connectivity index (χ1v) is 7.10. The monoisotopic (exact) mass is 325 g/mol. The molecule has 0 bridgehead atoms. The number of carbonyl (C=O) groups excluding carboxylic acids is 2. The summed E-state index contributed by atoms with van der Waals surface area (Å²) in [5, 5.41) is 14.1. The molecule has 3 amide bonds. The number of carboxylic acids is 1. The van der Waals surface area contributed by atoms with Gasteiger partial charge in [0.25, 0.3) is 0 Å². The maximum absolute atomic E-state index is 12.1. The van der Waals surface area contributed by atoms with Crippen molar-refractivity contribution in [3.8, 4) is 0 Å². The Bertz CT molecular complexity index is 559. The van der Waals surface area contributed by atoms with Gasteiger partial charge in [0.15, 0.2) is 0 Å². The van der Waals surface area contributed by atoms with Gasteiger partial charge in [-0.05, 0) is 12.1 Å². The van der Waals surface area contributed by atoms with E-state index in [4.69, 9.17) is 14.3 Å². The zero-order valence-corrected chi connectivity index (χ0v) is 12.7. The van der Waals surface area contributed by atoms with E-state index in [0.29, 0.717) is 5.76 Å². The Morgan fingerprint density at radius 3 is 2.83 bits per heavy atom. The number of rotatable bonds is 6. The van der Waals surface area contributed by atoms with Gasteiger partial charge in [-0.3, -0.25) is 4.79 Å². The Kier molecular flexibility index (Phi) is 5.58. The van der Waals surface area contributed by atoms with Gasteiger partial charge in [-0.1, -0.05) is 0 Å². The lowest BCUT2D eigenvalue weighted by atomic mass is 10.2. The van der Waals surface area contributed by atoms with Crippen LogP contribution in [0.15, 0.2) is 22.8 Å². The summed E-state index contributed by atoms with van der Waals surface area (Å²) in [5.74, 6) is -0.967. The van der Waals surface area contributed by atoms with Crippen molar-refractivity contribution in [2.75, 3.05) is 20.2 Å². The molecule has 1 fully saturated rings. The van der Waals surface area contributed by atoms with Gasteiger partial charge in [0.2, 0.25) is 5.91 Å². The minimum Gasteiger partial charge on any atom is -0.480 e. The molecular weight excluding hydrogens is 306 g/mol. The van der Waals surface area contributed by atoms with Crippen LogP contribution in [0.25, 0.3) is 0 Å². The highest BCUT2D eigenvalue weighted by molar-refractivity contribution is 5.88. The number of amides is 3. The molecule has 1 aliphatic heterocycles. The maximum Gasteiger partial charge on any atom is 0.326 e. The minimum absolute atomic E-state index is 0.195. The first kappa shape index (κ1) is 16.8. The molecule has 1 aliphatic rings. The molecule has 1 aromatic rings. The smallest absolute Gasteiger partial charge is 0.326 e. The van der Waals surface area contributed by atoms with Crippen molar-refractivity contribution in [3.63, 3.8) is 0 Å². The van der Waals surface area contributed by atoms with Crippen LogP contribution >= 0.6 is 0 Å². The number of furan rings is 1. The van der Waals surface area contributed by atoms with E-state index >= 15 is 0 Å². The van der Waals surface area contributed by atoms with Crippen molar-refractivity contribution in [3.05, 3.63) is 24.2 Å². The van der Waals surface area contributed by atoms with E-state index in [9.17, 15) is 14.4 Å². The number of carbonyl (C=O) groups is 3. The third kappa shape index (κ3) is 4.46. The van der Waals surface area contributed by atoms with Gasteiger partial charge in [-0.25, -0.2) is 9.59 Å². The molecule has 0 spiro atoms. The fourth-order valence-corrected chi connectivity index (χ4v) is 2.38. The number of hydrogen-bond acceptors (Lipinski definition) is 5. The topological polar surface area (TPSA) is 121 Å². The van der Waals surface area contributed by atoms with Crippen molar-refractivity contribution in [1.82, 2.24) is 15.5 Å². The average molecular weight is 325 g/mol. The summed E-state index contributed by atoms with van der Waals surface area (Å²) >= 11 is 0. The highest BCUT2D eigenvalue weighted by Crippen LogP contribution is 2.20. The van der Waals surface area contributed by atoms with Crippen molar-refractivity contribution in [2.45, 2.75) is 25.1 Å². The Hall–Kier alpha value is -2.55.